The number of Topliss-reactive ketones (excluding diaryl/α,β-unsaturated/α-hetero) is 1. The maximum atomic E-state index is 12.0. The lowest BCUT2D eigenvalue weighted by Crippen LogP contribution is -2.25. The fourth-order valence-electron chi connectivity index (χ4n) is 2.13. The predicted octanol–water partition coefficient (Wildman–Crippen LogP) is 3.23. The summed E-state index contributed by atoms with van der Waals surface area (Å²) in [4.78, 5) is 12.0. The smallest absolute Gasteiger partial charge is 0.165 e. The Hall–Kier alpha value is -1.15. The number of hydrogen-bond acceptors (Lipinski definition) is 2. The van der Waals surface area contributed by atoms with Gasteiger partial charge in [-0.05, 0) is 32.8 Å². The third-order valence-corrected chi connectivity index (χ3v) is 2.76. The van der Waals surface area contributed by atoms with E-state index in [1.807, 2.05) is 13.8 Å². The summed E-state index contributed by atoms with van der Waals surface area (Å²) in [5.41, 5.74) is 3.50. The highest BCUT2D eigenvalue weighted by atomic mass is 16.5. The molecule has 0 saturated carbocycles. The number of aryl methyl sites for hydroxylation is 2. The first kappa shape index (κ1) is 13.9. The molecule has 0 aliphatic rings. The van der Waals surface area contributed by atoms with Gasteiger partial charge in [0.1, 0.15) is 6.10 Å². The van der Waals surface area contributed by atoms with E-state index in [1.165, 1.54) is 11.1 Å². The van der Waals surface area contributed by atoms with Gasteiger partial charge in [-0.2, -0.15) is 0 Å². The van der Waals surface area contributed by atoms with Crippen LogP contribution in [0, 0.1) is 13.8 Å². The Morgan fingerprint density at radius 1 is 1.18 bits per heavy atom. The second kappa shape index (κ2) is 6.55. The van der Waals surface area contributed by atoms with Gasteiger partial charge in [0.25, 0.3) is 0 Å². The Balaban J connectivity index is 2.72. The van der Waals surface area contributed by atoms with Crippen molar-refractivity contribution in [2.45, 2.75) is 46.6 Å². The molecule has 0 N–H and O–H groups in total. The maximum absolute atomic E-state index is 12.0. The van der Waals surface area contributed by atoms with Crippen LogP contribution in [0.4, 0.5) is 0 Å². The van der Waals surface area contributed by atoms with Crippen molar-refractivity contribution in [3.05, 3.63) is 34.9 Å². The maximum Gasteiger partial charge on any atom is 0.165 e. The Morgan fingerprint density at radius 2 is 1.76 bits per heavy atom. The molecule has 2 nitrogen and oxygen atoms in total. The van der Waals surface area contributed by atoms with Gasteiger partial charge in [0.05, 0.1) is 0 Å². The predicted molar refractivity (Wildman–Crippen MR) is 70.3 cm³/mol. The quantitative estimate of drug-likeness (QED) is 0.755. The van der Waals surface area contributed by atoms with Gasteiger partial charge in [-0.25, -0.2) is 0 Å². The van der Waals surface area contributed by atoms with Crippen molar-refractivity contribution in [1.29, 1.82) is 0 Å². The van der Waals surface area contributed by atoms with Crippen molar-refractivity contribution in [3.63, 3.8) is 0 Å². The van der Waals surface area contributed by atoms with Crippen molar-refractivity contribution in [3.8, 4) is 0 Å². The number of carbonyl (C=O) groups excluding carboxylic acids is 1. The van der Waals surface area contributed by atoms with Gasteiger partial charge in [-0.3, -0.25) is 4.79 Å². The van der Waals surface area contributed by atoms with E-state index in [4.69, 9.17) is 4.74 Å². The Kier molecular flexibility index (Phi) is 5.36. The molecule has 0 fully saturated rings. The normalized spacial score (nSPS) is 12.5. The van der Waals surface area contributed by atoms with Crippen LogP contribution < -0.4 is 0 Å². The number of benzene rings is 1. The van der Waals surface area contributed by atoms with Gasteiger partial charge in [-0.15, -0.1) is 0 Å². The molecule has 0 amide bonds. The molecule has 17 heavy (non-hydrogen) atoms. The highest BCUT2D eigenvalue weighted by Crippen LogP contribution is 2.12. The number of rotatable bonds is 6. The molecule has 0 aliphatic carbocycles. The van der Waals surface area contributed by atoms with Gasteiger partial charge in [0.2, 0.25) is 0 Å². The second-order valence-corrected chi connectivity index (χ2v) is 4.49. The van der Waals surface area contributed by atoms with Crippen LogP contribution in [-0.2, 0) is 16.0 Å². The summed E-state index contributed by atoms with van der Waals surface area (Å²) < 4.78 is 5.44. The molecule has 0 saturated heterocycles. The van der Waals surface area contributed by atoms with E-state index in [-0.39, 0.29) is 11.9 Å². The Labute approximate surface area is 104 Å². The first-order valence-corrected chi connectivity index (χ1v) is 6.28. The van der Waals surface area contributed by atoms with E-state index in [0.29, 0.717) is 13.0 Å². The van der Waals surface area contributed by atoms with Crippen molar-refractivity contribution >= 4 is 5.78 Å². The minimum absolute atomic E-state index is 0.180. The summed E-state index contributed by atoms with van der Waals surface area (Å²) >= 11 is 0. The van der Waals surface area contributed by atoms with Crippen LogP contribution in [0.15, 0.2) is 18.2 Å². The highest BCUT2D eigenvalue weighted by molar-refractivity contribution is 5.85. The number of carbonyl (C=O) groups is 1. The monoisotopic (exact) mass is 234 g/mol. The third kappa shape index (κ3) is 4.31. The second-order valence-electron chi connectivity index (χ2n) is 4.49. The fourth-order valence-corrected chi connectivity index (χ4v) is 2.13. The van der Waals surface area contributed by atoms with Gasteiger partial charge >= 0.3 is 0 Å². The van der Waals surface area contributed by atoms with Gasteiger partial charge in [-0.1, -0.05) is 36.2 Å². The van der Waals surface area contributed by atoms with E-state index in [0.717, 1.165) is 12.0 Å². The molecule has 2 heteroatoms. The third-order valence-electron chi connectivity index (χ3n) is 2.76. The zero-order chi connectivity index (χ0) is 12.8. The Bertz CT molecular complexity index is 362. The molecule has 1 aromatic rings. The lowest BCUT2D eigenvalue weighted by atomic mass is 10.0. The molecule has 0 radical (unpaired) electrons. The summed E-state index contributed by atoms with van der Waals surface area (Å²) in [6, 6.07) is 6.26. The SMILES string of the molecule is CCOC(CC)C(=O)Cc1cc(C)cc(C)c1. The molecule has 0 aromatic heterocycles. The number of hydrogen-bond donors (Lipinski definition) is 0. The zero-order valence-corrected chi connectivity index (χ0v) is 11.2. The number of ether oxygens (including phenoxy) is 1. The van der Waals surface area contributed by atoms with Crippen molar-refractivity contribution in [1.82, 2.24) is 0 Å². The van der Waals surface area contributed by atoms with Gasteiger partial charge in [0, 0.05) is 13.0 Å². The van der Waals surface area contributed by atoms with Crippen molar-refractivity contribution in [2.75, 3.05) is 6.61 Å². The summed E-state index contributed by atoms with van der Waals surface area (Å²) in [6.07, 6.45) is 0.971. The summed E-state index contributed by atoms with van der Waals surface area (Å²) in [5, 5.41) is 0. The molecular weight excluding hydrogens is 212 g/mol. The molecule has 0 heterocycles. The molecule has 0 aliphatic heterocycles. The fraction of sp³-hybridized carbons (Fsp3) is 0.533. The molecule has 0 bridgehead atoms. The molecule has 94 valence electrons. The average Bonchev–Trinajstić information content (AvgIpc) is 2.24. The van der Waals surface area contributed by atoms with Crippen LogP contribution in [0.3, 0.4) is 0 Å². The molecule has 1 atom stereocenters. The standard InChI is InChI=1S/C15H22O2/c1-5-15(17-6-2)14(16)10-13-8-11(3)7-12(4)9-13/h7-9,15H,5-6,10H2,1-4H3. The van der Waals surface area contributed by atoms with E-state index >= 15 is 0 Å². The summed E-state index contributed by atoms with van der Waals surface area (Å²) in [5.74, 6) is 0.180. The van der Waals surface area contributed by atoms with E-state index in [1.54, 1.807) is 0 Å². The Morgan fingerprint density at radius 3 is 2.24 bits per heavy atom. The topological polar surface area (TPSA) is 26.3 Å². The summed E-state index contributed by atoms with van der Waals surface area (Å²) in [7, 11) is 0. The summed E-state index contributed by atoms with van der Waals surface area (Å²) in [6.45, 7) is 8.62. The largest absolute Gasteiger partial charge is 0.371 e. The van der Waals surface area contributed by atoms with Crippen LogP contribution in [0.5, 0.6) is 0 Å². The van der Waals surface area contributed by atoms with Crippen LogP contribution in [0.2, 0.25) is 0 Å². The van der Waals surface area contributed by atoms with E-state index < -0.39 is 0 Å². The average molecular weight is 234 g/mol. The zero-order valence-electron chi connectivity index (χ0n) is 11.2. The molecule has 1 unspecified atom stereocenters. The van der Waals surface area contributed by atoms with Crippen LogP contribution >= 0.6 is 0 Å². The lowest BCUT2D eigenvalue weighted by Gasteiger charge is -2.14. The molecular formula is C15H22O2. The number of ketones is 1. The van der Waals surface area contributed by atoms with E-state index in [2.05, 4.69) is 32.0 Å². The van der Waals surface area contributed by atoms with Crippen molar-refractivity contribution in [2.24, 2.45) is 0 Å². The first-order chi connectivity index (χ1) is 8.06. The van der Waals surface area contributed by atoms with E-state index in [9.17, 15) is 4.79 Å². The van der Waals surface area contributed by atoms with Crippen LogP contribution in [0.1, 0.15) is 37.0 Å². The lowest BCUT2D eigenvalue weighted by molar-refractivity contribution is -0.129. The molecule has 1 rings (SSSR count). The van der Waals surface area contributed by atoms with Gasteiger partial charge < -0.3 is 4.74 Å². The van der Waals surface area contributed by atoms with Crippen LogP contribution in [-0.4, -0.2) is 18.5 Å². The first-order valence-electron chi connectivity index (χ1n) is 6.28. The highest BCUT2D eigenvalue weighted by Gasteiger charge is 2.16. The van der Waals surface area contributed by atoms with Crippen LogP contribution in [0.25, 0.3) is 0 Å². The molecule has 0 spiro atoms. The van der Waals surface area contributed by atoms with Crippen molar-refractivity contribution < 1.29 is 9.53 Å². The molecule has 1 aromatic carbocycles. The minimum atomic E-state index is -0.249. The van der Waals surface area contributed by atoms with Gasteiger partial charge in [0.15, 0.2) is 5.78 Å². The minimum Gasteiger partial charge on any atom is -0.371 e.